The highest BCUT2D eigenvalue weighted by Crippen LogP contribution is 2.31. The number of hydrogen-bond donors (Lipinski definition) is 0. The summed E-state index contributed by atoms with van der Waals surface area (Å²) in [6.07, 6.45) is 0.900. The molecule has 0 saturated carbocycles. The minimum absolute atomic E-state index is 0.309. The first-order chi connectivity index (χ1) is 10.9. The first-order valence-corrected chi connectivity index (χ1v) is 8.00. The third-order valence-corrected chi connectivity index (χ3v) is 3.79. The molecule has 0 bridgehead atoms. The third kappa shape index (κ3) is 3.46. The molecule has 0 unspecified atom stereocenters. The number of imidazole rings is 1. The number of pyridine rings is 1. The largest absolute Gasteiger partial charge is 0.490 e. The Bertz CT molecular complexity index is 720. The van der Waals surface area contributed by atoms with Crippen molar-refractivity contribution in [2.45, 2.75) is 41.0 Å². The molecule has 6 heteroatoms. The summed E-state index contributed by atoms with van der Waals surface area (Å²) in [4.78, 5) is 21.4. The van der Waals surface area contributed by atoms with Crippen LogP contribution in [0.25, 0.3) is 11.2 Å². The van der Waals surface area contributed by atoms with Gasteiger partial charge in [0, 0.05) is 7.05 Å². The van der Waals surface area contributed by atoms with E-state index >= 15 is 0 Å². The van der Waals surface area contributed by atoms with Crippen molar-refractivity contribution < 1.29 is 14.3 Å². The molecule has 0 saturated heterocycles. The maximum atomic E-state index is 12.3. The van der Waals surface area contributed by atoms with Crippen molar-refractivity contribution in [3.8, 4) is 5.75 Å². The van der Waals surface area contributed by atoms with Gasteiger partial charge in [0.1, 0.15) is 11.4 Å². The van der Waals surface area contributed by atoms with Gasteiger partial charge in [-0.05, 0) is 33.1 Å². The molecule has 0 aliphatic carbocycles. The summed E-state index contributed by atoms with van der Waals surface area (Å²) in [6, 6.07) is 0. The van der Waals surface area contributed by atoms with E-state index in [1.807, 2.05) is 18.5 Å². The second kappa shape index (κ2) is 6.98. The first kappa shape index (κ1) is 17.2. The Labute approximate surface area is 136 Å². The summed E-state index contributed by atoms with van der Waals surface area (Å²) in [6.45, 7) is 10.6. The Balaban J connectivity index is 2.57. The van der Waals surface area contributed by atoms with Crippen molar-refractivity contribution in [2.75, 3.05) is 13.2 Å². The second-order valence-corrected chi connectivity index (χ2v) is 6.04. The lowest BCUT2D eigenvalue weighted by Crippen LogP contribution is -2.13. The Hall–Kier alpha value is -2.11. The number of esters is 1. The molecule has 126 valence electrons. The summed E-state index contributed by atoms with van der Waals surface area (Å²) < 4.78 is 13.0. The number of aryl methyl sites for hydroxylation is 3. The van der Waals surface area contributed by atoms with E-state index in [1.165, 1.54) is 0 Å². The van der Waals surface area contributed by atoms with E-state index in [0.29, 0.717) is 47.3 Å². The monoisotopic (exact) mass is 319 g/mol. The van der Waals surface area contributed by atoms with Crippen LogP contribution in [0.3, 0.4) is 0 Å². The fourth-order valence-corrected chi connectivity index (χ4v) is 2.36. The molecular weight excluding hydrogens is 294 g/mol. The summed E-state index contributed by atoms with van der Waals surface area (Å²) in [7, 11) is 1.90. The highest BCUT2D eigenvalue weighted by molar-refractivity contribution is 5.99. The molecule has 0 aliphatic rings. The van der Waals surface area contributed by atoms with Gasteiger partial charge in [0.25, 0.3) is 0 Å². The van der Waals surface area contributed by atoms with Gasteiger partial charge in [-0.1, -0.05) is 13.8 Å². The molecule has 0 amide bonds. The van der Waals surface area contributed by atoms with Gasteiger partial charge < -0.3 is 14.0 Å². The third-order valence-electron chi connectivity index (χ3n) is 3.79. The topological polar surface area (TPSA) is 66.2 Å². The number of rotatable bonds is 6. The smallest absolute Gasteiger partial charge is 0.343 e. The number of carbonyl (C=O) groups excluding carboxylic acids is 1. The summed E-state index contributed by atoms with van der Waals surface area (Å²) >= 11 is 0. The number of nitrogens with zero attached hydrogens (tertiary/aromatic N) is 3. The van der Waals surface area contributed by atoms with Crippen LogP contribution in [-0.2, 0) is 11.8 Å². The molecule has 0 spiro atoms. The molecule has 0 aliphatic heterocycles. The normalized spacial score (nSPS) is 11.3. The molecule has 0 N–H and O–H groups in total. The standard InChI is InChI=1S/C17H25N3O3/c1-7-22-17(21)13-11(4)18-16-14(19-12(5)20(16)6)15(13)23-9-8-10(2)3/h10H,7-9H2,1-6H3. The van der Waals surface area contributed by atoms with Gasteiger partial charge in [0.2, 0.25) is 0 Å². The zero-order valence-corrected chi connectivity index (χ0v) is 14.8. The van der Waals surface area contributed by atoms with Gasteiger partial charge in [-0.15, -0.1) is 0 Å². The van der Waals surface area contributed by atoms with E-state index in [2.05, 4.69) is 23.8 Å². The van der Waals surface area contributed by atoms with Crippen molar-refractivity contribution in [2.24, 2.45) is 13.0 Å². The fraction of sp³-hybridized carbons (Fsp3) is 0.588. The van der Waals surface area contributed by atoms with Crippen molar-refractivity contribution in [1.29, 1.82) is 0 Å². The lowest BCUT2D eigenvalue weighted by molar-refractivity contribution is 0.0520. The van der Waals surface area contributed by atoms with Crippen molar-refractivity contribution in [3.05, 3.63) is 17.1 Å². The van der Waals surface area contributed by atoms with Crippen LogP contribution >= 0.6 is 0 Å². The number of fused-ring (bicyclic) bond motifs is 1. The molecule has 0 fully saturated rings. The van der Waals surface area contributed by atoms with E-state index < -0.39 is 5.97 Å². The van der Waals surface area contributed by atoms with Gasteiger partial charge in [0.05, 0.1) is 18.9 Å². The summed E-state index contributed by atoms with van der Waals surface area (Å²) in [5.41, 5.74) is 2.30. The van der Waals surface area contributed by atoms with E-state index in [9.17, 15) is 4.79 Å². The molecular formula is C17H25N3O3. The maximum absolute atomic E-state index is 12.3. The summed E-state index contributed by atoms with van der Waals surface area (Å²) in [5, 5.41) is 0. The van der Waals surface area contributed by atoms with Crippen molar-refractivity contribution in [3.63, 3.8) is 0 Å². The average Bonchev–Trinajstić information content (AvgIpc) is 2.74. The van der Waals surface area contributed by atoms with Crippen LogP contribution in [-0.4, -0.2) is 33.7 Å². The van der Waals surface area contributed by atoms with Crippen LogP contribution in [0.2, 0.25) is 0 Å². The molecule has 0 aromatic carbocycles. The molecule has 0 atom stereocenters. The highest BCUT2D eigenvalue weighted by Gasteiger charge is 2.24. The van der Waals surface area contributed by atoms with Crippen LogP contribution in [0.5, 0.6) is 5.75 Å². The predicted octanol–water partition coefficient (Wildman–Crippen LogP) is 3.19. The first-order valence-electron chi connectivity index (χ1n) is 8.00. The lowest BCUT2D eigenvalue weighted by atomic mass is 10.1. The van der Waals surface area contributed by atoms with Gasteiger partial charge >= 0.3 is 5.97 Å². The number of carbonyl (C=O) groups is 1. The minimum Gasteiger partial charge on any atom is -0.490 e. The molecule has 0 radical (unpaired) electrons. The van der Waals surface area contributed by atoms with Crippen LogP contribution in [0.4, 0.5) is 0 Å². The average molecular weight is 319 g/mol. The minimum atomic E-state index is -0.415. The highest BCUT2D eigenvalue weighted by atomic mass is 16.5. The van der Waals surface area contributed by atoms with Crippen LogP contribution in [0, 0.1) is 19.8 Å². The molecule has 6 nitrogen and oxygen atoms in total. The molecule has 2 aromatic rings. The van der Waals surface area contributed by atoms with E-state index in [0.717, 1.165) is 12.2 Å². The predicted molar refractivity (Wildman–Crippen MR) is 88.9 cm³/mol. The lowest BCUT2D eigenvalue weighted by Gasteiger charge is -2.14. The molecule has 2 rings (SSSR count). The van der Waals surface area contributed by atoms with E-state index in [-0.39, 0.29) is 0 Å². The Morgan fingerprint density at radius 1 is 1.26 bits per heavy atom. The van der Waals surface area contributed by atoms with E-state index in [1.54, 1.807) is 13.8 Å². The van der Waals surface area contributed by atoms with Gasteiger partial charge in [-0.25, -0.2) is 14.8 Å². The number of aromatic nitrogens is 3. The van der Waals surface area contributed by atoms with Crippen LogP contribution in [0.15, 0.2) is 0 Å². The SMILES string of the molecule is CCOC(=O)c1c(C)nc2c(nc(C)n2C)c1OCCC(C)C. The zero-order chi connectivity index (χ0) is 17.1. The number of hydrogen-bond acceptors (Lipinski definition) is 5. The molecule has 2 aromatic heterocycles. The number of ether oxygens (including phenoxy) is 2. The van der Waals surface area contributed by atoms with Gasteiger partial charge in [-0.3, -0.25) is 0 Å². The van der Waals surface area contributed by atoms with Crippen LogP contribution in [0.1, 0.15) is 49.1 Å². The van der Waals surface area contributed by atoms with Crippen molar-refractivity contribution in [1.82, 2.24) is 14.5 Å². The second-order valence-electron chi connectivity index (χ2n) is 6.04. The molecule has 2 heterocycles. The van der Waals surface area contributed by atoms with E-state index in [4.69, 9.17) is 9.47 Å². The maximum Gasteiger partial charge on any atom is 0.343 e. The Morgan fingerprint density at radius 3 is 2.57 bits per heavy atom. The zero-order valence-electron chi connectivity index (χ0n) is 14.8. The fourth-order valence-electron chi connectivity index (χ4n) is 2.36. The summed E-state index contributed by atoms with van der Waals surface area (Å²) in [5.74, 6) is 1.41. The molecule has 23 heavy (non-hydrogen) atoms. The van der Waals surface area contributed by atoms with Gasteiger partial charge in [0.15, 0.2) is 16.9 Å². The van der Waals surface area contributed by atoms with Crippen molar-refractivity contribution >= 4 is 17.1 Å². The Kier molecular flexibility index (Phi) is 5.23. The quantitative estimate of drug-likeness (QED) is 0.765. The van der Waals surface area contributed by atoms with Gasteiger partial charge in [-0.2, -0.15) is 0 Å². The van der Waals surface area contributed by atoms with Crippen LogP contribution < -0.4 is 4.74 Å². The Morgan fingerprint density at radius 2 is 1.96 bits per heavy atom.